The minimum atomic E-state index is -0.761. The maximum absolute atomic E-state index is 12.7. The quantitative estimate of drug-likeness (QED) is 0.888. The van der Waals surface area contributed by atoms with E-state index in [0.29, 0.717) is 5.69 Å². The number of carbonyl (C=O) groups is 1. The summed E-state index contributed by atoms with van der Waals surface area (Å²) in [5, 5.41) is 2.90. The normalized spacial score (nSPS) is 22.5. The summed E-state index contributed by atoms with van der Waals surface area (Å²) in [7, 11) is 3.22. The lowest BCUT2D eigenvalue weighted by molar-refractivity contribution is -0.226. The van der Waals surface area contributed by atoms with E-state index >= 15 is 0 Å². The number of rotatable bonds is 5. The monoisotopic (exact) mass is 357 g/mol. The van der Waals surface area contributed by atoms with Crippen molar-refractivity contribution >= 4 is 11.6 Å². The van der Waals surface area contributed by atoms with Gasteiger partial charge in [0.25, 0.3) is 0 Å². The van der Waals surface area contributed by atoms with Gasteiger partial charge in [0.05, 0.1) is 32.8 Å². The van der Waals surface area contributed by atoms with Gasteiger partial charge in [0.2, 0.25) is 5.91 Å². The largest absolute Gasteiger partial charge is 0.497 e. The number of amides is 1. The SMILES string of the molecule is COc1ccc(NC(=O)C2(C)COC(c3ccc(OC)cc3)OC2)cc1. The Labute approximate surface area is 153 Å². The van der Waals surface area contributed by atoms with Crippen molar-refractivity contribution < 1.29 is 23.7 Å². The predicted molar refractivity (Wildman–Crippen MR) is 97.4 cm³/mol. The van der Waals surface area contributed by atoms with Gasteiger partial charge >= 0.3 is 0 Å². The summed E-state index contributed by atoms with van der Waals surface area (Å²) >= 11 is 0. The van der Waals surface area contributed by atoms with E-state index in [1.165, 1.54) is 0 Å². The highest BCUT2D eigenvalue weighted by atomic mass is 16.7. The van der Waals surface area contributed by atoms with Gasteiger partial charge in [0.1, 0.15) is 11.5 Å². The Kier molecular flexibility index (Phi) is 5.44. The maximum atomic E-state index is 12.7. The Hall–Kier alpha value is -2.57. The zero-order valence-corrected chi connectivity index (χ0v) is 15.2. The van der Waals surface area contributed by atoms with E-state index in [2.05, 4.69) is 5.32 Å². The summed E-state index contributed by atoms with van der Waals surface area (Å²) < 4.78 is 21.9. The second-order valence-corrected chi connectivity index (χ2v) is 6.47. The van der Waals surface area contributed by atoms with Gasteiger partial charge < -0.3 is 24.3 Å². The van der Waals surface area contributed by atoms with Crippen molar-refractivity contribution in [3.63, 3.8) is 0 Å². The fraction of sp³-hybridized carbons (Fsp3) is 0.350. The number of benzene rings is 2. The summed E-state index contributed by atoms with van der Waals surface area (Å²) in [5.41, 5.74) is 0.834. The number of methoxy groups -OCH3 is 2. The number of hydrogen-bond acceptors (Lipinski definition) is 5. The van der Waals surface area contributed by atoms with Crippen LogP contribution in [0.2, 0.25) is 0 Å². The average Bonchev–Trinajstić information content (AvgIpc) is 2.69. The van der Waals surface area contributed by atoms with Crippen LogP contribution in [-0.4, -0.2) is 33.3 Å². The van der Waals surface area contributed by atoms with Crippen LogP contribution in [0.3, 0.4) is 0 Å². The molecule has 138 valence electrons. The molecule has 1 heterocycles. The Morgan fingerprint density at radius 3 is 1.96 bits per heavy atom. The minimum absolute atomic E-state index is 0.143. The molecule has 1 saturated heterocycles. The molecule has 1 aliphatic rings. The summed E-state index contributed by atoms with van der Waals surface area (Å²) in [6.45, 7) is 2.37. The van der Waals surface area contributed by atoms with Crippen LogP contribution in [0.1, 0.15) is 18.8 Å². The Morgan fingerprint density at radius 2 is 1.46 bits per heavy atom. The van der Waals surface area contributed by atoms with Gasteiger partial charge in [-0.15, -0.1) is 0 Å². The first-order valence-electron chi connectivity index (χ1n) is 8.37. The lowest BCUT2D eigenvalue weighted by Crippen LogP contribution is -2.45. The van der Waals surface area contributed by atoms with Crippen molar-refractivity contribution in [2.45, 2.75) is 13.2 Å². The number of hydrogen-bond donors (Lipinski definition) is 1. The van der Waals surface area contributed by atoms with Crippen molar-refractivity contribution in [2.75, 3.05) is 32.8 Å². The van der Waals surface area contributed by atoms with E-state index in [1.807, 2.05) is 31.2 Å². The summed E-state index contributed by atoms with van der Waals surface area (Å²) in [6.07, 6.45) is -0.484. The molecule has 1 aliphatic heterocycles. The van der Waals surface area contributed by atoms with Crippen LogP contribution in [0.15, 0.2) is 48.5 Å². The van der Waals surface area contributed by atoms with E-state index in [1.54, 1.807) is 38.5 Å². The molecule has 2 aromatic rings. The summed E-state index contributed by atoms with van der Waals surface area (Å²) in [6, 6.07) is 14.7. The third-order valence-electron chi connectivity index (χ3n) is 4.39. The molecule has 0 saturated carbocycles. The van der Waals surface area contributed by atoms with Crippen LogP contribution in [0.4, 0.5) is 5.69 Å². The Morgan fingerprint density at radius 1 is 0.962 bits per heavy atom. The van der Waals surface area contributed by atoms with Crippen LogP contribution in [-0.2, 0) is 14.3 Å². The first kappa shape index (κ1) is 18.2. The lowest BCUT2D eigenvalue weighted by atomic mass is 9.90. The average molecular weight is 357 g/mol. The molecule has 2 aromatic carbocycles. The molecule has 3 rings (SSSR count). The van der Waals surface area contributed by atoms with Crippen LogP contribution in [0, 0.1) is 5.41 Å². The molecule has 0 bridgehead atoms. The van der Waals surface area contributed by atoms with Crippen molar-refractivity contribution in [2.24, 2.45) is 5.41 Å². The smallest absolute Gasteiger partial charge is 0.234 e. The van der Waals surface area contributed by atoms with Crippen LogP contribution in [0.5, 0.6) is 11.5 Å². The van der Waals surface area contributed by atoms with Gasteiger partial charge in [-0.3, -0.25) is 4.79 Å². The third kappa shape index (κ3) is 3.98. The zero-order valence-electron chi connectivity index (χ0n) is 15.2. The van der Waals surface area contributed by atoms with Crippen LogP contribution in [0.25, 0.3) is 0 Å². The molecule has 0 aliphatic carbocycles. The summed E-state index contributed by atoms with van der Waals surface area (Å²) in [5.74, 6) is 1.37. The van der Waals surface area contributed by atoms with Crippen molar-refractivity contribution in [3.05, 3.63) is 54.1 Å². The molecular formula is C20H23NO5. The maximum Gasteiger partial charge on any atom is 0.234 e. The highest BCUT2D eigenvalue weighted by Gasteiger charge is 2.39. The number of nitrogens with one attached hydrogen (secondary N) is 1. The Bertz CT molecular complexity index is 734. The molecule has 0 atom stereocenters. The molecule has 0 unspecified atom stereocenters. The molecule has 6 heteroatoms. The third-order valence-corrected chi connectivity index (χ3v) is 4.39. The molecule has 1 N–H and O–H groups in total. The molecule has 1 fully saturated rings. The first-order chi connectivity index (χ1) is 12.5. The van der Waals surface area contributed by atoms with Crippen molar-refractivity contribution in [1.82, 2.24) is 0 Å². The van der Waals surface area contributed by atoms with Crippen molar-refractivity contribution in [3.8, 4) is 11.5 Å². The molecule has 1 amide bonds. The standard InChI is InChI=1S/C20H23NO5/c1-20(19(22)21-15-6-10-17(24-3)11-7-15)12-25-18(26-13-20)14-4-8-16(23-2)9-5-14/h4-11,18H,12-13H2,1-3H3,(H,21,22). The van der Waals surface area contributed by atoms with E-state index in [4.69, 9.17) is 18.9 Å². The number of ether oxygens (including phenoxy) is 4. The lowest BCUT2D eigenvalue weighted by Gasteiger charge is -2.36. The molecule has 0 radical (unpaired) electrons. The molecule has 26 heavy (non-hydrogen) atoms. The summed E-state index contributed by atoms with van der Waals surface area (Å²) in [4.78, 5) is 12.7. The van der Waals surface area contributed by atoms with E-state index in [0.717, 1.165) is 17.1 Å². The number of anilines is 1. The van der Waals surface area contributed by atoms with Crippen molar-refractivity contribution in [1.29, 1.82) is 0 Å². The fourth-order valence-electron chi connectivity index (χ4n) is 2.65. The topological polar surface area (TPSA) is 66.0 Å². The van der Waals surface area contributed by atoms with Crippen LogP contribution >= 0.6 is 0 Å². The van der Waals surface area contributed by atoms with Gasteiger partial charge in [0.15, 0.2) is 6.29 Å². The highest BCUT2D eigenvalue weighted by Crippen LogP contribution is 2.33. The second-order valence-electron chi connectivity index (χ2n) is 6.47. The van der Waals surface area contributed by atoms with Crippen LogP contribution < -0.4 is 14.8 Å². The molecule has 6 nitrogen and oxygen atoms in total. The van der Waals surface area contributed by atoms with E-state index < -0.39 is 11.7 Å². The molecular weight excluding hydrogens is 334 g/mol. The minimum Gasteiger partial charge on any atom is -0.497 e. The second kappa shape index (κ2) is 7.76. The zero-order chi connectivity index (χ0) is 18.6. The first-order valence-corrected chi connectivity index (χ1v) is 8.37. The van der Waals surface area contributed by atoms with Gasteiger partial charge in [-0.05, 0) is 43.3 Å². The predicted octanol–water partition coefficient (Wildman–Crippen LogP) is 3.39. The van der Waals surface area contributed by atoms with E-state index in [9.17, 15) is 4.79 Å². The van der Waals surface area contributed by atoms with E-state index in [-0.39, 0.29) is 19.1 Å². The van der Waals surface area contributed by atoms with Gasteiger partial charge in [-0.1, -0.05) is 12.1 Å². The highest BCUT2D eigenvalue weighted by molar-refractivity contribution is 5.95. The Balaban J connectivity index is 1.59. The molecule has 0 spiro atoms. The molecule has 0 aromatic heterocycles. The fourth-order valence-corrected chi connectivity index (χ4v) is 2.65. The van der Waals surface area contributed by atoms with Gasteiger partial charge in [-0.2, -0.15) is 0 Å². The van der Waals surface area contributed by atoms with Gasteiger partial charge in [0, 0.05) is 11.3 Å². The van der Waals surface area contributed by atoms with Gasteiger partial charge in [-0.25, -0.2) is 0 Å². The number of carbonyl (C=O) groups excluding carboxylic acids is 1.